The zero-order valence-electron chi connectivity index (χ0n) is 17.4. The summed E-state index contributed by atoms with van der Waals surface area (Å²) in [6, 6.07) is 12.1. The van der Waals surface area contributed by atoms with Crippen LogP contribution in [0.2, 0.25) is 0 Å². The average Bonchev–Trinajstić information content (AvgIpc) is 2.66. The molecule has 0 saturated heterocycles. The summed E-state index contributed by atoms with van der Waals surface area (Å²) in [4.78, 5) is 28.1. The SMILES string of the molecule is CCN(Cc1ccc(C(=O)N(C)C)cc1)C(=O)c1ccc(C)c(NS(C)(=O)=O)c1. The maximum absolute atomic E-state index is 13.0. The van der Waals surface area contributed by atoms with Gasteiger partial charge in [-0.05, 0) is 49.2 Å². The molecule has 0 unspecified atom stereocenters. The molecule has 0 radical (unpaired) electrons. The number of benzene rings is 2. The van der Waals surface area contributed by atoms with Crippen LogP contribution in [0.3, 0.4) is 0 Å². The third-order valence-electron chi connectivity index (χ3n) is 4.43. The molecule has 7 nitrogen and oxygen atoms in total. The molecule has 156 valence electrons. The minimum absolute atomic E-state index is 0.0782. The van der Waals surface area contributed by atoms with Gasteiger partial charge in [0, 0.05) is 38.3 Å². The second-order valence-electron chi connectivity index (χ2n) is 7.12. The number of nitrogens with zero attached hydrogens (tertiary/aromatic N) is 2. The molecule has 0 aliphatic carbocycles. The molecular weight excluding hydrogens is 390 g/mol. The lowest BCUT2D eigenvalue weighted by Crippen LogP contribution is -2.30. The molecule has 0 atom stereocenters. The van der Waals surface area contributed by atoms with Crippen LogP contribution in [0.25, 0.3) is 0 Å². The molecule has 0 aliphatic heterocycles. The van der Waals surface area contributed by atoms with Crippen molar-refractivity contribution in [3.8, 4) is 0 Å². The molecule has 0 saturated carbocycles. The Labute approximate surface area is 172 Å². The van der Waals surface area contributed by atoms with Crippen molar-refractivity contribution in [1.82, 2.24) is 9.80 Å². The quantitative estimate of drug-likeness (QED) is 0.750. The number of hydrogen-bond donors (Lipinski definition) is 1. The summed E-state index contributed by atoms with van der Waals surface area (Å²) in [5.74, 6) is -0.275. The van der Waals surface area contributed by atoms with Crippen molar-refractivity contribution in [3.05, 3.63) is 64.7 Å². The van der Waals surface area contributed by atoms with E-state index in [0.29, 0.717) is 29.9 Å². The van der Waals surface area contributed by atoms with E-state index in [1.165, 1.54) is 4.90 Å². The summed E-state index contributed by atoms with van der Waals surface area (Å²) in [5, 5.41) is 0. The highest BCUT2D eigenvalue weighted by molar-refractivity contribution is 7.92. The van der Waals surface area contributed by atoms with Crippen molar-refractivity contribution in [2.24, 2.45) is 0 Å². The first-order chi connectivity index (χ1) is 13.5. The number of amides is 2. The van der Waals surface area contributed by atoms with E-state index < -0.39 is 10.0 Å². The highest BCUT2D eigenvalue weighted by Gasteiger charge is 2.17. The fraction of sp³-hybridized carbons (Fsp3) is 0.333. The van der Waals surface area contributed by atoms with Crippen LogP contribution < -0.4 is 4.72 Å². The smallest absolute Gasteiger partial charge is 0.254 e. The van der Waals surface area contributed by atoms with E-state index in [-0.39, 0.29) is 11.8 Å². The van der Waals surface area contributed by atoms with Crippen molar-refractivity contribution in [3.63, 3.8) is 0 Å². The molecule has 8 heteroatoms. The molecule has 0 aromatic heterocycles. The van der Waals surface area contributed by atoms with Crippen molar-refractivity contribution in [2.45, 2.75) is 20.4 Å². The lowest BCUT2D eigenvalue weighted by atomic mass is 10.1. The molecule has 0 aliphatic rings. The van der Waals surface area contributed by atoms with E-state index in [9.17, 15) is 18.0 Å². The van der Waals surface area contributed by atoms with Gasteiger partial charge >= 0.3 is 0 Å². The van der Waals surface area contributed by atoms with Gasteiger partial charge in [0.15, 0.2) is 0 Å². The predicted octanol–water partition coefficient (Wildman–Crippen LogP) is 2.73. The Morgan fingerprint density at radius 2 is 1.55 bits per heavy atom. The standard InChI is InChI=1S/C21H27N3O4S/c1-6-24(14-16-8-11-17(12-9-16)20(25)23(3)4)21(26)18-10-7-15(2)19(13-18)22-29(5,27)28/h7-13,22H,6,14H2,1-5H3. The summed E-state index contributed by atoms with van der Waals surface area (Å²) >= 11 is 0. The minimum Gasteiger partial charge on any atom is -0.345 e. The Hall–Kier alpha value is -2.87. The van der Waals surface area contributed by atoms with Crippen LogP contribution in [0.15, 0.2) is 42.5 Å². The van der Waals surface area contributed by atoms with E-state index >= 15 is 0 Å². The zero-order valence-corrected chi connectivity index (χ0v) is 18.2. The average molecular weight is 418 g/mol. The highest BCUT2D eigenvalue weighted by Crippen LogP contribution is 2.20. The van der Waals surface area contributed by atoms with Gasteiger partial charge in [-0.15, -0.1) is 0 Å². The maximum atomic E-state index is 13.0. The normalized spacial score (nSPS) is 11.1. The number of carbonyl (C=O) groups is 2. The number of aryl methyl sites for hydroxylation is 1. The summed E-state index contributed by atoms with van der Waals surface area (Å²) < 4.78 is 25.5. The molecule has 0 spiro atoms. The lowest BCUT2D eigenvalue weighted by molar-refractivity contribution is 0.0751. The Morgan fingerprint density at radius 1 is 0.966 bits per heavy atom. The van der Waals surface area contributed by atoms with Crippen LogP contribution in [-0.4, -0.2) is 56.9 Å². The summed E-state index contributed by atoms with van der Waals surface area (Å²) in [7, 11) is -0.0465. The van der Waals surface area contributed by atoms with Gasteiger partial charge in [-0.3, -0.25) is 14.3 Å². The second-order valence-corrected chi connectivity index (χ2v) is 8.87. The van der Waals surface area contributed by atoms with Crippen molar-refractivity contribution in [1.29, 1.82) is 0 Å². The fourth-order valence-corrected chi connectivity index (χ4v) is 3.43. The largest absolute Gasteiger partial charge is 0.345 e. The van der Waals surface area contributed by atoms with Crippen molar-refractivity contribution < 1.29 is 18.0 Å². The van der Waals surface area contributed by atoms with E-state index in [0.717, 1.165) is 17.4 Å². The minimum atomic E-state index is -3.44. The summed E-state index contributed by atoms with van der Waals surface area (Å²) in [6.45, 7) is 4.52. The fourth-order valence-electron chi connectivity index (χ4n) is 2.81. The first kappa shape index (κ1) is 22.4. The molecule has 1 N–H and O–H groups in total. The van der Waals surface area contributed by atoms with E-state index in [1.54, 1.807) is 56.3 Å². The van der Waals surface area contributed by atoms with Crippen LogP contribution in [0.4, 0.5) is 5.69 Å². The molecule has 0 fully saturated rings. The lowest BCUT2D eigenvalue weighted by Gasteiger charge is -2.22. The number of rotatable bonds is 7. The maximum Gasteiger partial charge on any atom is 0.254 e. The summed E-state index contributed by atoms with van der Waals surface area (Å²) in [5.41, 5.74) is 3.01. The monoisotopic (exact) mass is 417 g/mol. The van der Waals surface area contributed by atoms with Gasteiger partial charge in [-0.25, -0.2) is 8.42 Å². The second kappa shape index (κ2) is 9.09. The molecule has 2 amide bonds. The number of nitrogens with one attached hydrogen (secondary N) is 1. The van der Waals surface area contributed by atoms with Gasteiger partial charge in [0.05, 0.1) is 11.9 Å². The zero-order chi connectivity index (χ0) is 21.8. The van der Waals surface area contributed by atoms with Gasteiger partial charge in [-0.2, -0.15) is 0 Å². The topological polar surface area (TPSA) is 86.8 Å². The number of anilines is 1. The van der Waals surface area contributed by atoms with Gasteiger partial charge in [-0.1, -0.05) is 18.2 Å². The first-order valence-corrected chi connectivity index (χ1v) is 11.1. The number of sulfonamides is 1. The molecule has 2 aromatic rings. The van der Waals surface area contributed by atoms with Gasteiger partial charge in [0.2, 0.25) is 10.0 Å². The van der Waals surface area contributed by atoms with Crippen LogP contribution >= 0.6 is 0 Å². The van der Waals surface area contributed by atoms with Gasteiger partial charge in [0.1, 0.15) is 0 Å². The summed E-state index contributed by atoms with van der Waals surface area (Å²) in [6.07, 6.45) is 1.07. The third-order valence-corrected chi connectivity index (χ3v) is 5.02. The van der Waals surface area contributed by atoms with Gasteiger partial charge in [0.25, 0.3) is 11.8 Å². The van der Waals surface area contributed by atoms with Crippen LogP contribution in [-0.2, 0) is 16.6 Å². The Bertz CT molecular complexity index is 999. The van der Waals surface area contributed by atoms with Crippen molar-refractivity contribution >= 4 is 27.5 Å². The predicted molar refractivity (Wildman–Crippen MR) is 115 cm³/mol. The van der Waals surface area contributed by atoms with Crippen LogP contribution in [0, 0.1) is 6.92 Å². The third kappa shape index (κ3) is 6.05. The molecular formula is C21H27N3O4S. The van der Waals surface area contributed by atoms with E-state index in [4.69, 9.17) is 0 Å². The molecule has 0 bridgehead atoms. The Kier molecular flexibility index (Phi) is 7.02. The van der Waals surface area contributed by atoms with Gasteiger partial charge < -0.3 is 9.80 Å². The Morgan fingerprint density at radius 3 is 2.07 bits per heavy atom. The molecule has 0 heterocycles. The number of hydrogen-bond acceptors (Lipinski definition) is 4. The van der Waals surface area contributed by atoms with E-state index in [2.05, 4.69) is 4.72 Å². The Balaban J connectivity index is 2.21. The van der Waals surface area contributed by atoms with Crippen molar-refractivity contribution in [2.75, 3.05) is 31.6 Å². The van der Waals surface area contributed by atoms with Crippen LogP contribution in [0.1, 0.15) is 38.8 Å². The molecule has 29 heavy (non-hydrogen) atoms. The molecule has 2 rings (SSSR count). The first-order valence-electron chi connectivity index (χ1n) is 9.20. The molecule has 2 aromatic carbocycles. The highest BCUT2D eigenvalue weighted by atomic mass is 32.2. The van der Waals surface area contributed by atoms with Crippen LogP contribution in [0.5, 0.6) is 0 Å². The van der Waals surface area contributed by atoms with E-state index in [1.807, 2.05) is 19.1 Å². The number of carbonyl (C=O) groups excluding carboxylic acids is 2.